The molecule has 1 aromatic carbocycles. The first-order chi connectivity index (χ1) is 7.24. The van der Waals surface area contributed by atoms with E-state index in [0.29, 0.717) is 6.54 Å². The normalized spacial score (nSPS) is 10.5. The van der Waals surface area contributed by atoms with Crippen LogP contribution in [0.3, 0.4) is 0 Å². The molecule has 0 unspecified atom stereocenters. The summed E-state index contributed by atoms with van der Waals surface area (Å²) in [4.78, 5) is 11.6. The third-order valence-corrected chi connectivity index (χ3v) is 2.15. The second-order valence-corrected chi connectivity index (χ2v) is 3.48. The zero-order chi connectivity index (χ0) is 11.1. The first-order valence-corrected chi connectivity index (χ1v) is 5.20. The Morgan fingerprint density at radius 1 is 1.33 bits per heavy atom. The molecule has 0 spiro atoms. The van der Waals surface area contributed by atoms with Crippen molar-refractivity contribution in [1.29, 1.82) is 0 Å². The summed E-state index contributed by atoms with van der Waals surface area (Å²) < 4.78 is 0. The minimum atomic E-state index is -0.000460. The second kappa shape index (κ2) is 6.02. The van der Waals surface area contributed by atoms with Gasteiger partial charge in [-0.1, -0.05) is 29.8 Å². The minimum Gasteiger partial charge on any atom is -0.352 e. The van der Waals surface area contributed by atoms with Crippen molar-refractivity contribution in [2.75, 3.05) is 6.54 Å². The molecule has 0 heterocycles. The molecule has 80 valence electrons. The van der Waals surface area contributed by atoms with Crippen LogP contribution in [0.15, 0.2) is 36.4 Å². The summed E-state index contributed by atoms with van der Waals surface area (Å²) in [5.41, 5.74) is 1.89. The van der Waals surface area contributed by atoms with E-state index in [9.17, 15) is 4.79 Å². The molecule has 2 nitrogen and oxygen atoms in total. The lowest BCUT2D eigenvalue weighted by Gasteiger charge is -2.03. The van der Waals surface area contributed by atoms with Crippen molar-refractivity contribution < 1.29 is 4.79 Å². The highest BCUT2D eigenvalue weighted by Crippen LogP contribution is 2.02. The van der Waals surface area contributed by atoms with Crippen molar-refractivity contribution in [3.8, 4) is 0 Å². The number of carbonyl (C=O) groups is 1. The topological polar surface area (TPSA) is 29.1 Å². The number of nitrogens with one attached hydrogen (secondary N) is 1. The van der Waals surface area contributed by atoms with Gasteiger partial charge in [0.1, 0.15) is 0 Å². The molecule has 1 aromatic rings. The summed E-state index contributed by atoms with van der Waals surface area (Å²) in [5.74, 6) is -0.000460. The highest BCUT2D eigenvalue weighted by Gasteiger charge is 2.02. The minimum absolute atomic E-state index is 0.000460. The first kappa shape index (κ1) is 11.5. The zero-order valence-electron chi connectivity index (χ0n) is 9.29. The Hall–Kier alpha value is -1.57. The Bertz CT molecular complexity index is 338. The van der Waals surface area contributed by atoms with Crippen molar-refractivity contribution >= 4 is 5.91 Å². The monoisotopic (exact) mass is 203 g/mol. The van der Waals surface area contributed by atoms with Crippen LogP contribution in [-0.4, -0.2) is 12.5 Å². The lowest BCUT2D eigenvalue weighted by atomic mass is 10.1. The summed E-state index contributed by atoms with van der Waals surface area (Å²) in [5, 5.41) is 2.86. The maximum absolute atomic E-state index is 11.6. The molecule has 0 aliphatic rings. The lowest BCUT2D eigenvalue weighted by molar-refractivity contribution is 0.0954. The molecule has 1 N–H and O–H groups in total. The van der Waals surface area contributed by atoms with Crippen molar-refractivity contribution in [3.63, 3.8) is 0 Å². The van der Waals surface area contributed by atoms with E-state index in [-0.39, 0.29) is 5.91 Å². The molecule has 0 fully saturated rings. The summed E-state index contributed by atoms with van der Waals surface area (Å²) >= 11 is 0. The zero-order valence-corrected chi connectivity index (χ0v) is 9.29. The molecule has 1 amide bonds. The predicted octanol–water partition coefficient (Wildman–Crippen LogP) is 2.69. The maximum atomic E-state index is 11.6. The van der Waals surface area contributed by atoms with Crippen LogP contribution in [-0.2, 0) is 0 Å². The van der Waals surface area contributed by atoms with Crippen LogP contribution in [0.4, 0.5) is 0 Å². The van der Waals surface area contributed by atoms with E-state index in [4.69, 9.17) is 0 Å². The van der Waals surface area contributed by atoms with Gasteiger partial charge >= 0.3 is 0 Å². The smallest absolute Gasteiger partial charge is 0.251 e. The number of benzene rings is 1. The second-order valence-electron chi connectivity index (χ2n) is 3.48. The van der Waals surface area contributed by atoms with Crippen LogP contribution in [0.1, 0.15) is 29.3 Å². The van der Waals surface area contributed by atoms with E-state index in [1.165, 1.54) is 5.56 Å². The number of amides is 1. The standard InChI is InChI=1S/C13H17NO/c1-3-4-5-10-14-13(15)12-8-6-11(2)7-9-12/h3-4,6-9H,5,10H2,1-2H3,(H,14,15)/b4-3+. The third kappa shape index (κ3) is 3.98. The van der Waals surface area contributed by atoms with E-state index in [0.717, 1.165) is 12.0 Å². The fourth-order valence-electron chi connectivity index (χ4n) is 1.24. The molecule has 0 bridgehead atoms. The van der Waals surface area contributed by atoms with Gasteiger partial charge in [0.05, 0.1) is 0 Å². The first-order valence-electron chi connectivity index (χ1n) is 5.20. The average molecular weight is 203 g/mol. The summed E-state index contributed by atoms with van der Waals surface area (Å²) in [6.07, 6.45) is 4.90. The van der Waals surface area contributed by atoms with Crippen molar-refractivity contribution in [3.05, 3.63) is 47.5 Å². The molecule has 0 aromatic heterocycles. The third-order valence-electron chi connectivity index (χ3n) is 2.15. The number of allylic oxidation sites excluding steroid dienone is 1. The van der Waals surface area contributed by atoms with Gasteiger partial charge in [0.25, 0.3) is 5.91 Å². The van der Waals surface area contributed by atoms with Crippen LogP contribution in [0, 0.1) is 6.92 Å². The molecule has 2 heteroatoms. The van der Waals surface area contributed by atoms with Gasteiger partial charge < -0.3 is 5.32 Å². The molecular formula is C13H17NO. The predicted molar refractivity (Wildman–Crippen MR) is 62.9 cm³/mol. The van der Waals surface area contributed by atoms with Crippen molar-refractivity contribution in [1.82, 2.24) is 5.32 Å². The van der Waals surface area contributed by atoms with E-state index >= 15 is 0 Å². The fourth-order valence-corrected chi connectivity index (χ4v) is 1.24. The quantitative estimate of drug-likeness (QED) is 0.591. The lowest BCUT2D eigenvalue weighted by Crippen LogP contribution is -2.23. The number of hydrogen-bond donors (Lipinski definition) is 1. The van der Waals surface area contributed by atoms with Gasteiger partial charge in [0, 0.05) is 12.1 Å². The van der Waals surface area contributed by atoms with E-state index in [1.807, 2.05) is 50.3 Å². The summed E-state index contributed by atoms with van der Waals surface area (Å²) in [6.45, 7) is 4.67. The molecule has 1 rings (SSSR count). The fraction of sp³-hybridized carbons (Fsp3) is 0.308. The van der Waals surface area contributed by atoms with E-state index in [1.54, 1.807) is 0 Å². The van der Waals surface area contributed by atoms with Crippen LogP contribution in [0.2, 0.25) is 0 Å². The molecule has 15 heavy (non-hydrogen) atoms. The SMILES string of the molecule is C/C=C/CCNC(=O)c1ccc(C)cc1. The molecule has 0 radical (unpaired) electrons. The number of hydrogen-bond acceptors (Lipinski definition) is 1. The Morgan fingerprint density at radius 3 is 2.60 bits per heavy atom. The van der Waals surface area contributed by atoms with Gasteiger partial charge in [-0.25, -0.2) is 0 Å². The van der Waals surface area contributed by atoms with Crippen molar-refractivity contribution in [2.24, 2.45) is 0 Å². The summed E-state index contributed by atoms with van der Waals surface area (Å²) in [7, 11) is 0. The molecule has 0 saturated heterocycles. The van der Waals surface area contributed by atoms with Gasteiger partial charge in [-0.05, 0) is 32.4 Å². The van der Waals surface area contributed by atoms with Crippen molar-refractivity contribution in [2.45, 2.75) is 20.3 Å². The van der Waals surface area contributed by atoms with Crippen LogP contribution in [0.5, 0.6) is 0 Å². The Balaban J connectivity index is 2.43. The highest BCUT2D eigenvalue weighted by atomic mass is 16.1. The molecule has 0 aliphatic carbocycles. The van der Waals surface area contributed by atoms with Gasteiger partial charge in [0.15, 0.2) is 0 Å². The average Bonchev–Trinajstić information content (AvgIpc) is 2.25. The van der Waals surface area contributed by atoms with Gasteiger partial charge in [0.2, 0.25) is 0 Å². The molecule has 0 saturated carbocycles. The Labute approximate surface area is 91.0 Å². The molecular weight excluding hydrogens is 186 g/mol. The van der Waals surface area contributed by atoms with Crippen LogP contribution in [0.25, 0.3) is 0 Å². The molecule has 0 atom stereocenters. The van der Waals surface area contributed by atoms with E-state index in [2.05, 4.69) is 5.32 Å². The number of rotatable bonds is 4. The number of carbonyl (C=O) groups excluding carboxylic acids is 1. The largest absolute Gasteiger partial charge is 0.352 e. The van der Waals surface area contributed by atoms with E-state index < -0.39 is 0 Å². The van der Waals surface area contributed by atoms with Gasteiger partial charge in [-0.2, -0.15) is 0 Å². The maximum Gasteiger partial charge on any atom is 0.251 e. The number of aryl methyl sites for hydroxylation is 1. The Morgan fingerprint density at radius 2 is 2.00 bits per heavy atom. The highest BCUT2D eigenvalue weighted by molar-refractivity contribution is 5.94. The van der Waals surface area contributed by atoms with Gasteiger partial charge in [-0.3, -0.25) is 4.79 Å². The van der Waals surface area contributed by atoms with Crippen LogP contribution >= 0.6 is 0 Å². The van der Waals surface area contributed by atoms with Crippen LogP contribution < -0.4 is 5.32 Å². The van der Waals surface area contributed by atoms with Gasteiger partial charge in [-0.15, -0.1) is 0 Å². The Kier molecular flexibility index (Phi) is 4.61. The summed E-state index contributed by atoms with van der Waals surface area (Å²) in [6, 6.07) is 7.59. The molecule has 0 aliphatic heterocycles.